The summed E-state index contributed by atoms with van der Waals surface area (Å²) in [5, 5.41) is 12.0. The fourth-order valence-electron chi connectivity index (χ4n) is 2.53. The number of carboxylic acids is 1. The van der Waals surface area contributed by atoms with Crippen LogP contribution in [0, 0.1) is 0 Å². The van der Waals surface area contributed by atoms with Gasteiger partial charge in [-0.05, 0) is 37.8 Å². The Bertz CT molecular complexity index is 555. The number of aliphatic carboxylic acids is 1. The molecule has 0 saturated heterocycles. The van der Waals surface area contributed by atoms with Crippen LogP contribution in [0.2, 0.25) is 0 Å². The molecule has 24 heavy (non-hydrogen) atoms. The van der Waals surface area contributed by atoms with Crippen LogP contribution in [0.3, 0.4) is 0 Å². The molecule has 1 amide bonds. The highest BCUT2D eigenvalue weighted by Crippen LogP contribution is 2.28. The molecule has 1 aromatic rings. The number of carbonyl (C=O) groups excluding carboxylic acids is 1. The predicted molar refractivity (Wildman–Crippen MR) is 90.4 cm³/mol. The number of nitrogens with zero attached hydrogens (tertiary/aromatic N) is 1. The van der Waals surface area contributed by atoms with Crippen molar-refractivity contribution in [2.75, 3.05) is 13.2 Å². The number of rotatable bonds is 10. The van der Waals surface area contributed by atoms with Crippen LogP contribution >= 0.6 is 0 Å². The van der Waals surface area contributed by atoms with Crippen LogP contribution in [0.4, 0.5) is 0 Å². The van der Waals surface area contributed by atoms with Crippen molar-refractivity contribution >= 4 is 11.9 Å². The lowest BCUT2D eigenvalue weighted by Crippen LogP contribution is -2.46. The molecular formula is C18H26N2O4. The maximum atomic E-state index is 12.1. The number of hydrogen-bond acceptors (Lipinski definition) is 4. The van der Waals surface area contributed by atoms with E-state index in [9.17, 15) is 9.59 Å². The van der Waals surface area contributed by atoms with Gasteiger partial charge in [-0.25, -0.2) is 0 Å². The Labute approximate surface area is 142 Å². The van der Waals surface area contributed by atoms with E-state index in [0.29, 0.717) is 19.8 Å². The lowest BCUT2D eigenvalue weighted by atomic mass is 10.1. The summed E-state index contributed by atoms with van der Waals surface area (Å²) in [6.45, 7) is 5.43. The Morgan fingerprint density at radius 3 is 2.46 bits per heavy atom. The van der Waals surface area contributed by atoms with Crippen LogP contribution < -0.4 is 5.32 Å². The van der Waals surface area contributed by atoms with Crippen LogP contribution in [0.25, 0.3) is 0 Å². The van der Waals surface area contributed by atoms with Crippen LogP contribution in [0.15, 0.2) is 24.3 Å². The van der Waals surface area contributed by atoms with Crippen molar-refractivity contribution < 1.29 is 19.4 Å². The molecule has 2 rings (SSSR count). The average molecular weight is 334 g/mol. The van der Waals surface area contributed by atoms with Crippen molar-refractivity contribution in [3.8, 4) is 0 Å². The van der Waals surface area contributed by atoms with Crippen molar-refractivity contribution in [1.29, 1.82) is 0 Å². The molecule has 0 radical (unpaired) electrons. The molecule has 1 aliphatic carbocycles. The van der Waals surface area contributed by atoms with E-state index in [1.54, 1.807) is 11.8 Å². The molecule has 0 bridgehead atoms. The summed E-state index contributed by atoms with van der Waals surface area (Å²) >= 11 is 0. The smallest absolute Gasteiger partial charge is 0.320 e. The molecule has 132 valence electrons. The van der Waals surface area contributed by atoms with E-state index in [-0.39, 0.29) is 18.5 Å². The van der Waals surface area contributed by atoms with Crippen molar-refractivity contribution in [2.24, 2.45) is 0 Å². The van der Waals surface area contributed by atoms with E-state index in [0.717, 1.165) is 24.0 Å². The monoisotopic (exact) mass is 334 g/mol. The third kappa shape index (κ3) is 5.62. The maximum absolute atomic E-state index is 12.1. The summed E-state index contributed by atoms with van der Waals surface area (Å²) in [7, 11) is 0. The Kier molecular flexibility index (Phi) is 6.75. The molecule has 1 saturated carbocycles. The number of carboxylic acid groups (broad SMARTS) is 1. The zero-order valence-corrected chi connectivity index (χ0v) is 14.3. The van der Waals surface area contributed by atoms with Crippen LogP contribution in [-0.4, -0.2) is 47.1 Å². The molecule has 6 heteroatoms. The number of ether oxygens (including phenoxy) is 1. The van der Waals surface area contributed by atoms with Crippen LogP contribution in [0.1, 0.15) is 37.8 Å². The summed E-state index contributed by atoms with van der Waals surface area (Å²) in [6.07, 6.45) is 1.93. The van der Waals surface area contributed by atoms with Gasteiger partial charge in [-0.3, -0.25) is 14.5 Å². The molecule has 1 fully saturated rings. The summed E-state index contributed by atoms with van der Waals surface area (Å²) in [5.74, 6) is -1.03. The van der Waals surface area contributed by atoms with E-state index in [2.05, 4.69) is 5.32 Å². The van der Waals surface area contributed by atoms with Crippen molar-refractivity contribution in [3.63, 3.8) is 0 Å². The third-order valence-electron chi connectivity index (χ3n) is 4.18. The second-order valence-corrected chi connectivity index (χ2v) is 6.15. The highest BCUT2D eigenvalue weighted by molar-refractivity contribution is 5.80. The van der Waals surface area contributed by atoms with Crippen LogP contribution in [-0.2, 0) is 27.5 Å². The number of amides is 1. The Morgan fingerprint density at radius 2 is 1.92 bits per heavy atom. The van der Waals surface area contributed by atoms with Gasteiger partial charge in [0.2, 0.25) is 5.91 Å². The highest BCUT2D eigenvalue weighted by Gasteiger charge is 2.36. The molecule has 2 N–H and O–H groups in total. The normalized spacial score (nSPS) is 15.3. The lowest BCUT2D eigenvalue weighted by Gasteiger charge is -2.25. The molecule has 1 atom stereocenters. The molecule has 1 aliphatic rings. The van der Waals surface area contributed by atoms with Crippen LogP contribution in [0.5, 0.6) is 0 Å². The van der Waals surface area contributed by atoms with Gasteiger partial charge in [0.05, 0.1) is 13.2 Å². The number of nitrogens with one attached hydrogen (secondary N) is 1. The van der Waals surface area contributed by atoms with Gasteiger partial charge in [-0.2, -0.15) is 0 Å². The Morgan fingerprint density at radius 1 is 1.29 bits per heavy atom. The number of carbonyl (C=O) groups is 2. The maximum Gasteiger partial charge on any atom is 0.320 e. The fraction of sp³-hybridized carbons (Fsp3) is 0.556. The molecule has 6 nitrogen and oxygen atoms in total. The highest BCUT2D eigenvalue weighted by atomic mass is 16.5. The first-order chi connectivity index (χ1) is 11.5. The molecule has 1 unspecified atom stereocenters. The average Bonchev–Trinajstić information content (AvgIpc) is 3.41. The number of hydrogen-bond donors (Lipinski definition) is 2. The Hall–Kier alpha value is -1.92. The summed E-state index contributed by atoms with van der Waals surface area (Å²) in [4.78, 5) is 25.1. The second kappa shape index (κ2) is 8.80. The first-order valence-electron chi connectivity index (χ1n) is 8.42. The standard InChI is InChI=1S/C18H26N2O4/c1-3-24-12-15-6-4-14(5-7-15)10-19-17(21)11-20(16-8-9-16)13(2)18(22)23/h4-7,13,16H,3,8-12H2,1-2H3,(H,19,21)(H,22,23). The molecular weight excluding hydrogens is 308 g/mol. The van der Waals surface area contributed by atoms with E-state index in [1.165, 1.54) is 0 Å². The molecule has 0 heterocycles. The second-order valence-electron chi connectivity index (χ2n) is 6.15. The molecule has 0 aromatic heterocycles. The molecule has 1 aromatic carbocycles. The van der Waals surface area contributed by atoms with Gasteiger partial charge >= 0.3 is 5.97 Å². The first-order valence-corrected chi connectivity index (χ1v) is 8.42. The quantitative estimate of drug-likeness (QED) is 0.682. The summed E-state index contributed by atoms with van der Waals surface area (Å²) < 4.78 is 5.35. The summed E-state index contributed by atoms with van der Waals surface area (Å²) in [6, 6.07) is 7.49. The molecule has 0 spiro atoms. The van der Waals surface area contributed by atoms with Crippen molar-refractivity contribution in [2.45, 2.75) is 51.9 Å². The largest absolute Gasteiger partial charge is 0.480 e. The number of benzene rings is 1. The van der Waals surface area contributed by atoms with Gasteiger partial charge in [0.15, 0.2) is 0 Å². The zero-order valence-electron chi connectivity index (χ0n) is 14.3. The van der Waals surface area contributed by atoms with E-state index < -0.39 is 12.0 Å². The summed E-state index contributed by atoms with van der Waals surface area (Å²) in [5.41, 5.74) is 2.11. The van der Waals surface area contributed by atoms with Gasteiger partial charge in [0.1, 0.15) is 6.04 Å². The third-order valence-corrected chi connectivity index (χ3v) is 4.18. The van der Waals surface area contributed by atoms with Gasteiger partial charge in [-0.1, -0.05) is 24.3 Å². The van der Waals surface area contributed by atoms with E-state index >= 15 is 0 Å². The van der Waals surface area contributed by atoms with E-state index in [1.807, 2.05) is 31.2 Å². The minimum Gasteiger partial charge on any atom is -0.480 e. The minimum absolute atomic E-state index is 0.126. The first kappa shape index (κ1) is 18.4. The lowest BCUT2D eigenvalue weighted by molar-refractivity contribution is -0.143. The minimum atomic E-state index is -0.889. The Balaban J connectivity index is 1.80. The molecule has 0 aliphatic heterocycles. The fourth-order valence-corrected chi connectivity index (χ4v) is 2.53. The van der Waals surface area contributed by atoms with Crippen molar-refractivity contribution in [1.82, 2.24) is 10.2 Å². The van der Waals surface area contributed by atoms with Gasteiger partial charge in [-0.15, -0.1) is 0 Å². The van der Waals surface area contributed by atoms with Crippen molar-refractivity contribution in [3.05, 3.63) is 35.4 Å². The predicted octanol–water partition coefficient (Wildman–Crippen LogP) is 1.78. The van der Waals surface area contributed by atoms with E-state index in [4.69, 9.17) is 9.84 Å². The van der Waals surface area contributed by atoms with Gasteiger partial charge in [0, 0.05) is 19.2 Å². The topological polar surface area (TPSA) is 78.9 Å². The van der Waals surface area contributed by atoms with Gasteiger partial charge in [0.25, 0.3) is 0 Å². The SMILES string of the molecule is CCOCc1ccc(CNC(=O)CN(C2CC2)C(C)C(=O)O)cc1. The zero-order chi connectivity index (χ0) is 17.5. The van der Waals surface area contributed by atoms with Gasteiger partial charge < -0.3 is 15.2 Å².